The fraction of sp³-hybridized carbons (Fsp3) is 0.818. The first-order valence-electron chi connectivity index (χ1n) is 21.9. The summed E-state index contributed by atoms with van der Waals surface area (Å²) in [5.41, 5.74) is 0. The van der Waals surface area contributed by atoms with Crippen molar-refractivity contribution in [1.82, 2.24) is 0 Å². The third kappa shape index (κ3) is 37.7. The molecule has 0 rings (SSSR count). The molecule has 0 aliphatic rings. The first kappa shape index (κ1) is 54.2. The van der Waals surface area contributed by atoms with Crippen molar-refractivity contribution < 1.29 is 52.3 Å². The maximum atomic E-state index is 12.7. The maximum Gasteiger partial charge on any atom is 0.306 e. The molecule has 4 atom stereocenters. The summed E-state index contributed by atoms with van der Waals surface area (Å²) in [4.78, 5) is 37.5. The number of carbonyl (C=O) groups excluding carboxylic acids is 2. The summed E-state index contributed by atoms with van der Waals surface area (Å²) in [6.45, 7) is 3.86. The van der Waals surface area contributed by atoms with Crippen molar-refractivity contribution in [2.24, 2.45) is 0 Å². The smallest absolute Gasteiger partial charge is 0.306 e. The SMILES string of the molecule is CCCCC/C=C\C/C=C\C/C=C\CC(O)C(O)CCCC(=O)OC[C@H](COP(=O)([O-])OCC[N+](C)(C)C)OC(=O)CCCCCCCCCCCCCCC. The van der Waals surface area contributed by atoms with E-state index in [0.29, 0.717) is 23.9 Å². The lowest BCUT2D eigenvalue weighted by Crippen LogP contribution is -2.37. The van der Waals surface area contributed by atoms with Crippen LogP contribution in [0.5, 0.6) is 0 Å². The van der Waals surface area contributed by atoms with Crippen LogP contribution in [0.25, 0.3) is 0 Å². The predicted molar refractivity (Wildman–Crippen MR) is 225 cm³/mol. The number of aliphatic hydroxyl groups excluding tert-OH is 2. The van der Waals surface area contributed by atoms with Crippen molar-refractivity contribution >= 4 is 19.8 Å². The van der Waals surface area contributed by atoms with Crippen molar-refractivity contribution in [3.8, 4) is 0 Å². The number of allylic oxidation sites excluding steroid dienone is 5. The molecule has 11 nitrogen and oxygen atoms in total. The Morgan fingerprint density at radius 3 is 1.75 bits per heavy atom. The monoisotopic (exact) mass is 816 g/mol. The highest BCUT2D eigenvalue weighted by Gasteiger charge is 2.22. The Kier molecular flexibility index (Phi) is 35.0. The number of phosphoric acid groups is 1. The summed E-state index contributed by atoms with van der Waals surface area (Å²) < 4.78 is 33.6. The highest BCUT2D eigenvalue weighted by Crippen LogP contribution is 2.38. The lowest BCUT2D eigenvalue weighted by molar-refractivity contribution is -0.870. The van der Waals surface area contributed by atoms with Gasteiger partial charge in [-0.15, -0.1) is 0 Å². The molecular formula is C44H82NO10P. The molecule has 0 bridgehead atoms. The number of nitrogens with zero attached hydrogens (tertiary/aromatic N) is 1. The Morgan fingerprint density at radius 2 is 1.16 bits per heavy atom. The van der Waals surface area contributed by atoms with Crippen LogP contribution in [0.4, 0.5) is 0 Å². The molecule has 0 saturated carbocycles. The lowest BCUT2D eigenvalue weighted by Gasteiger charge is -2.28. The third-order valence-corrected chi connectivity index (χ3v) is 10.3. The normalized spacial score (nSPS) is 15.1. The summed E-state index contributed by atoms with van der Waals surface area (Å²) in [5.74, 6) is -1.12. The first-order valence-corrected chi connectivity index (χ1v) is 23.3. The molecular weight excluding hydrogens is 733 g/mol. The molecule has 0 aromatic rings. The number of phosphoric ester groups is 1. The zero-order valence-electron chi connectivity index (χ0n) is 36.0. The zero-order valence-corrected chi connectivity index (χ0v) is 36.9. The molecule has 0 radical (unpaired) electrons. The van der Waals surface area contributed by atoms with Gasteiger partial charge in [0, 0.05) is 12.8 Å². The maximum absolute atomic E-state index is 12.7. The van der Waals surface area contributed by atoms with Gasteiger partial charge in [-0.05, 0) is 51.4 Å². The number of quaternary nitrogens is 1. The molecule has 3 unspecified atom stereocenters. The number of likely N-dealkylation sites (N-methyl/N-ethyl adjacent to an activating group) is 1. The van der Waals surface area contributed by atoms with E-state index in [2.05, 4.69) is 38.2 Å². The van der Waals surface area contributed by atoms with Crippen LogP contribution < -0.4 is 4.89 Å². The van der Waals surface area contributed by atoms with Gasteiger partial charge in [0.25, 0.3) is 7.82 Å². The van der Waals surface area contributed by atoms with Crippen molar-refractivity contribution in [3.63, 3.8) is 0 Å². The summed E-state index contributed by atoms with van der Waals surface area (Å²) in [6.07, 6.45) is 32.0. The van der Waals surface area contributed by atoms with E-state index in [0.717, 1.165) is 38.5 Å². The van der Waals surface area contributed by atoms with Crippen LogP contribution in [-0.2, 0) is 32.7 Å². The molecule has 0 aliphatic heterocycles. The van der Waals surface area contributed by atoms with Gasteiger partial charge in [0.1, 0.15) is 19.8 Å². The molecule has 0 saturated heterocycles. The van der Waals surface area contributed by atoms with Crippen LogP contribution >= 0.6 is 7.82 Å². The van der Waals surface area contributed by atoms with Gasteiger partial charge in [-0.25, -0.2) is 0 Å². The molecule has 0 heterocycles. The van der Waals surface area contributed by atoms with E-state index in [1.165, 1.54) is 77.0 Å². The second kappa shape index (κ2) is 36.2. The fourth-order valence-electron chi connectivity index (χ4n) is 5.76. The van der Waals surface area contributed by atoms with Gasteiger partial charge in [-0.3, -0.25) is 14.2 Å². The number of hydrogen-bond acceptors (Lipinski definition) is 10. The van der Waals surface area contributed by atoms with Gasteiger partial charge in [0.2, 0.25) is 0 Å². The number of aliphatic hydroxyl groups is 2. The van der Waals surface area contributed by atoms with Gasteiger partial charge in [-0.1, -0.05) is 140 Å². The van der Waals surface area contributed by atoms with Crippen LogP contribution in [0, 0.1) is 0 Å². The van der Waals surface area contributed by atoms with Crippen LogP contribution in [-0.4, -0.2) is 92.5 Å². The lowest BCUT2D eigenvalue weighted by atomic mass is 10.0. The number of esters is 2. The molecule has 12 heteroatoms. The van der Waals surface area contributed by atoms with Crippen LogP contribution in [0.1, 0.15) is 168 Å². The average molecular weight is 816 g/mol. The van der Waals surface area contributed by atoms with Crippen LogP contribution in [0.2, 0.25) is 0 Å². The third-order valence-electron chi connectivity index (χ3n) is 9.36. The largest absolute Gasteiger partial charge is 0.756 e. The van der Waals surface area contributed by atoms with Gasteiger partial charge in [0.15, 0.2) is 6.10 Å². The summed E-state index contributed by atoms with van der Waals surface area (Å²) in [7, 11) is 1.01. The molecule has 2 N–H and O–H groups in total. The number of rotatable bonds is 39. The zero-order chi connectivity index (χ0) is 41.8. The molecule has 0 aliphatic carbocycles. The molecule has 0 aromatic carbocycles. The number of ether oxygens (including phenoxy) is 2. The van der Waals surface area contributed by atoms with Crippen LogP contribution in [0.15, 0.2) is 36.5 Å². The molecule has 0 amide bonds. The first-order chi connectivity index (χ1) is 26.8. The van der Waals surface area contributed by atoms with Gasteiger partial charge >= 0.3 is 11.9 Å². The van der Waals surface area contributed by atoms with Crippen molar-refractivity contribution in [1.29, 1.82) is 0 Å². The van der Waals surface area contributed by atoms with Gasteiger partial charge in [-0.2, -0.15) is 0 Å². The van der Waals surface area contributed by atoms with E-state index in [1.807, 2.05) is 33.3 Å². The molecule has 328 valence electrons. The minimum absolute atomic E-state index is 0.0356. The molecule has 0 spiro atoms. The van der Waals surface area contributed by atoms with Crippen molar-refractivity contribution in [2.45, 2.75) is 186 Å². The Bertz CT molecular complexity index is 1090. The molecule has 56 heavy (non-hydrogen) atoms. The second-order valence-corrected chi connectivity index (χ2v) is 17.4. The summed E-state index contributed by atoms with van der Waals surface area (Å²) in [5, 5.41) is 20.7. The topological polar surface area (TPSA) is 152 Å². The van der Waals surface area contributed by atoms with E-state index in [4.69, 9.17) is 18.5 Å². The number of carbonyl (C=O) groups is 2. The highest BCUT2D eigenvalue weighted by atomic mass is 31.2. The summed E-state index contributed by atoms with van der Waals surface area (Å²) >= 11 is 0. The Labute approximate surface area is 341 Å². The standard InChI is InChI=1S/C44H82NO10P/c1-6-8-10-12-14-16-18-20-22-24-26-28-30-34-44(49)55-40(39-54-56(50,51)53-37-36-45(3,4)5)38-52-43(48)35-31-33-42(47)41(46)32-29-27-25-23-21-19-17-15-13-11-9-7-2/h15,17,21,23,27,29,40-42,46-47H,6-14,16,18-20,22,24-26,28,30-39H2,1-5H3/b17-15-,23-21-,29-27-/t40-,41?,42?/m1/s1. The Morgan fingerprint density at radius 1 is 0.643 bits per heavy atom. The summed E-state index contributed by atoms with van der Waals surface area (Å²) in [6, 6.07) is 0. The average Bonchev–Trinajstić information content (AvgIpc) is 3.14. The molecule has 0 aromatic heterocycles. The van der Waals surface area contributed by atoms with Crippen molar-refractivity contribution in [3.05, 3.63) is 36.5 Å². The second-order valence-electron chi connectivity index (χ2n) is 16.0. The number of unbranched alkanes of at least 4 members (excludes halogenated alkanes) is 15. The minimum Gasteiger partial charge on any atom is -0.756 e. The number of hydrogen-bond donors (Lipinski definition) is 2. The van der Waals surface area contributed by atoms with E-state index in [1.54, 1.807) is 0 Å². The fourth-order valence-corrected chi connectivity index (χ4v) is 6.49. The van der Waals surface area contributed by atoms with E-state index in [-0.39, 0.29) is 38.9 Å². The van der Waals surface area contributed by atoms with Gasteiger partial charge in [0.05, 0.1) is 40.0 Å². The van der Waals surface area contributed by atoms with E-state index in [9.17, 15) is 29.3 Å². The van der Waals surface area contributed by atoms with Crippen LogP contribution in [0.3, 0.4) is 0 Å². The van der Waals surface area contributed by atoms with E-state index >= 15 is 0 Å². The molecule has 0 fully saturated rings. The Hall–Kier alpha value is -1.85. The highest BCUT2D eigenvalue weighted by molar-refractivity contribution is 7.45. The minimum atomic E-state index is -4.69. The van der Waals surface area contributed by atoms with E-state index < -0.39 is 44.7 Å². The Balaban J connectivity index is 4.60. The van der Waals surface area contributed by atoms with Gasteiger partial charge < -0.3 is 38.1 Å². The quantitative estimate of drug-likeness (QED) is 0.0202. The van der Waals surface area contributed by atoms with Crippen molar-refractivity contribution in [2.75, 3.05) is 47.5 Å². The predicted octanol–water partition coefficient (Wildman–Crippen LogP) is 9.44.